The SMILES string of the molecule is C=C[C@@H]1C[C@]1(NC(=O)[C@@H]1C[C@@H](Oc2cc(-c3ccccc3)nc3cc(OC)ccc23)CN1C(=O)C(NC(=O)OC(C)(C)C)[C@@H](C)OC(=O)C=CC)C(=O)NS(=O)(=O)C1CC1. The Bertz CT molecular complexity index is 2310. The van der Waals surface area contributed by atoms with Crippen LogP contribution >= 0.6 is 0 Å². The van der Waals surface area contributed by atoms with Crippen LogP contribution in [0.15, 0.2) is 79.4 Å². The van der Waals surface area contributed by atoms with Crippen LogP contribution in [-0.2, 0) is 38.7 Å². The molecule has 1 saturated heterocycles. The summed E-state index contributed by atoms with van der Waals surface area (Å²) in [6.07, 6.45) is 1.79. The second kappa shape index (κ2) is 17.3. The van der Waals surface area contributed by atoms with Crippen molar-refractivity contribution >= 4 is 50.7 Å². The smallest absolute Gasteiger partial charge is 0.408 e. The third-order valence-corrected chi connectivity index (χ3v) is 12.3. The summed E-state index contributed by atoms with van der Waals surface area (Å²) < 4.78 is 50.9. The topological polar surface area (TPSA) is 209 Å². The zero-order valence-electron chi connectivity index (χ0n) is 34.4. The van der Waals surface area contributed by atoms with Crippen molar-refractivity contribution in [1.82, 2.24) is 25.2 Å². The molecular weight excluding hydrogens is 795 g/mol. The number of methoxy groups -OCH3 is 1. The largest absolute Gasteiger partial charge is 0.497 e. The Morgan fingerprint density at radius 3 is 2.38 bits per heavy atom. The van der Waals surface area contributed by atoms with E-state index in [9.17, 15) is 32.4 Å². The molecule has 6 rings (SSSR count). The summed E-state index contributed by atoms with van der Waals surface area (Å²) in [5.41, 5.74) is -0.658. The van der Waals surface area contributed by atoms with Crippen molar-refractivity contribution in [2.24, 2.45) is 5.92 Å². The first-order valence-electron chi connectivity index (χ1n) is 19.7. The number of amides is 4. The molecule has 3 aromatic rings. The van der Waals surface area contributed by atoms with E-state index in [2.05, 4.69) is 21.9 Å². The number of pyridine rings is 1. The van der Waals surface area contributed by atoms with Crippen LogP contribution < -0.4 is 24.8 Å². The van der Waals surface area contributed by atoms with Crippen LogP contribution in [-0.4, -0.2) is 102 Å². The number of hydrogen-bond acceptors (Lipinski definition) is 12. The Morgan fingerprint density at radius 2 is 1.77 bits per heavy atom. The van der Waals surface area contributed by atoms with Gasteiger partial charge in [-0.1, -0.05) is 42.5 Å². The minimum Gasteiger partial charge on any atom is -0.497 e. The quantitative estimate of drug-likeness (QED) is 0.111. The number of benzene rings is 2. The molecule has 6 atom stereocenters. The predicted octanol–water partition coefficient (Wildman–Crippen LogP) is 4.33. The Hall–Kier alpha value is -5.97. The van der Waals surface area contributed by atoms with Gasteiger partial charge in [-0.15, -0.1) is 6.58 Å². The molecule has 3 aliphatic rings. The number of ether oxygens (including phenoxy) is 4. The normalized spacial score (nSPS) is 22.3. The average Bonchev–Trinajstić information content (AvgIpc) is 4.12. The summed E-state index contributed by atoms with van der Waals surface area (Å²) >= 11 is 0. The zero-order chi connectivity index (χ0) is 43.6. The van der Waals surface area contributed by atoms with Gasteiger partial charge < -0.3 is 34.5 Å². The Morgan fingerprint density at radius 1 is 1.05 bits per heavy atom. The molecule has 4 amide bonds. The van der Waals surface area contributed by atoms with Gasteiger partial charge in [0, 0.05) is 41.5 Å². The maximum absolute atomic E-state index is 14.8. The molecule has 1 unspecified atom stereocenters. The fourth-order valence-electron chi connectivity index (χ4n) is 7.15. The van der Waals surface area contributed by atoms with Gasteiger partial charge >= 0.3 is 12.1 Å². The molecular formula is C43H51N5O11S. The van der Waals surface area contributed by atoms with E-state index in [0.717, 1.165) is 11.6 Å². The number of likely N-dealkylation sites (tertiary alicyclic amines) is 1. The lowest BCUT2D eigenvalue weighted by Crippen LogP contribution is -2.60. The number of esters is 1. The van der Waals surface area contributed by atoms with E-state index in [-0.39, 0.29) is 19.4 Å². The number of aromatic nitrogens is 1. The standard InChI is InChI=1S/C43H51N5O11S/c1-8-13-36(49)57-25(3)37(45-41(53)59-42(4,5)6)39(51)48-24-29(21-34(48)38(50)46-43(23-27(43)9-2)40(52)47-60(54,55)30-17-18-30)58-35-22-32(26-14-11-10-12-15-26)44-33-20-28(56-7)16-19-31(33)35/h8-16,19-20,22,25,27,29-30,34,37H,2,17-18,21,23-24H2,1,3-7H3,(H,45,53)(H,46,50)(H,47,52)/t25-,27-,29-,34+,37?,43-/m1/s1. The lowest BCUT2D eigenvalue weighted by molar-refractivity contribution is -0.150. The van der Waals surface area contributed by atoms with E-state index < -0.39 is 86.4 Å². The summed E-state index contributed by atoms with van der Waals surface area (Å²) in [5.74, 6) is -2.91. The highest BCUT2D eigenvalue weighted by Crippen LogP contribution is 2.45. The molecule has 0 spiro atoms. The van der Waals surface area contributed by atoms with Gasteiger partial charge in [0.2, 0.25) is 21.8 Å². The molecule has 1 aliphatic heterocycles. The highest BCUT2D eigenvalue weighted by atomic mass is 32.2. The fourth-order valence-corrected chi connectivity index (χ4v) is 8.51. The Kier molecular flexibility index (Phi) is 12.6. The summed E-state index contributed by atoms with van der Waals surface area (Å²) in [5, 5.41) is 5.21. The monoisotopic (exact) mass is 845 g/mol. The molecule has 17 heteroatoms. The fraction of sp³-hybridized carbons (Fsp3) is 0.442. The van der Waals surface area contributed by atoms with Crippen molar-refractivity contribution in [2.45, 2.75) is 101 Å². The van der Waals surface area contributed by atoms with Crippen molar-refractivity contribution in [1.29, 1.82) is 0 Å². The average molecular weight is 846 g/mol. The lowest BCUT2D eigenvalue weighted by Gasteiger charge is -2.32. The first kappa shape index (κ1) is 43.6. The molecule has 60 heavy (non-hydrogen) atoms. The second-order valence-electron chi connectivity index (χ2n) is 16.2. The van der Waals surface area contributed by atoms with Gasteiger partial charge in [-0.3, -0.25) is 19.1 Å². The maximum Gasteiger partial charge on any atom is 0.408 e. The van der Waals surface area contributed by atoms with Crippen LogP contribution in [0.1, 0.15) is 60.3 Å². The minimum absolute atomic E-state index is 0.0738. The van der Waals surface area contributed by atoms with Crippen molar-refractivity contribution < 1.29 is 51.3 Å². The predicted molar refractivity (Wildman–Crippen MR) is 221 cm³/mol. The number of allylic oxidation sites excluding steroid dienone is 1. The van der Waals surface area contributed by atoms with E-state index in [0.29, 0.717) is 40.9 Å². The van der Waals surface area contributed by atoms with Gasteiger partial charge in [0.05, 0.1) is 30.1 Å². The first-order valence-corrected chi connectivity index (χ1v) is 21.3. The van der Waals surface area contributed by atoms with Crippen LogP contribution in [0.3, 0.4) is 0 Å². The van der Waals surface area contributed by atoms with E-state index >= 15 is 0 Å². The van der Waals surface area contributed by atoms with Gasteiger partial charge in [-0.25, -0.2) is 23.0 Å². The van der Waals surface area contributed by atoms with E-state index in [1.165, 1.54) is 24.0 Å². The number of hydrogen-bond donors (Lipinski definition) is 3. The summed E-state index contributed by atoms with van der Waals surface area (Å²) in [7, 11) is -2.43. The number of nitrogens with zero attached hydrogens (tertiary/aromatic N) is 2. The Balaban J connectivity index is 1.36. The molecule has 1 aromatic heterocycles. The number of carbonyl (C=O) groups is 5. The van der Waals surface area contributed by atoms with Gasteiger partial charge in [-0.05, 0) is 66.0 Å². The van der Waals surface area contributed by atoms with E-state index in [1.54, 1.807) is 59.1 Å². The molecule has 3 N–H and O–H groups in total. The molecule has 2 saturated carbocycles. The van der Waals surface area contributed by atoms with Gasteiger partial charge in [0.1, 0.15) is 46.9 Å². The molecule has 320 valence electrons. The second-order valence-corrected chi connectivity index (χ2v) is 18.1. The van der Waals surface area contributed by atoms with Crippen molar-refractivity contribution in [3.8, 4) is 22.8 Å². The van der Waals surface area contributed by atoms with Crippen LogP contribution in [0.5, 0.6) is 11.5 Å². The van der Waals surface area contributed by atoms with Crippen molar-refractivity contribution in [2.75, 3.05) is 13.7 Å². The molecule has 2 aliphatic carbocycles. The molecule has 16 nitrogen and oxygen atoms in total. The van der Waals surface area contributed by atoms with Crippen molar-refractivity contribution in [3.63, 3.8) is 0 Å². The number of alkyl carbamates (subject to hydrolysis) is 1. The molecule has 2 heterocycles. The lowest BCUT2D eigenvalue weighted by atomic mass is 10.1. The highest BCUT2D eigenvalue weighted by Gasteiger charge is 2.62. The summed E-state index contributed by atoms with van der Waals surface area (Å²) in [6, 6.07) is 13.6. The zero-order valence-corrected chi connectivity index (χ0v) is 35.2. The van der Waals surface area contributed by atoms with Crippen LogP contribution in [0.4, 0.5) is 4.79 Å². The molecule has 0 bridgehead atoms. The van der Waals surface area contributed by atoms with E-state index in [1.807, 2.05) is 30.3 Å². The number of rotatable bonds is 15. The van der Waals surface area contributed by atoms with Crippen LogP contribution in [0.25, 0.3) is 22.2 Å². The van der Waals surface area contributed by atoms with Gasteiger partial charge in [-0.2, -0.15) is 0 Å². The minimum atomic E-state index is -3.97. The molecule has 0 radical (unpaired) electrons. The highest BCUT2D eigenvalue weighted by molar-refractivity contribution is 7.91. The summed E-state index contributed by atoms with van der Waals surface area (Å²) in [4.78, 5) is 74.7. The van der Waals surface area contributed by atoms with Gasteiger partial charge in [0.25, 0.3) is 5.91 Å². The van der Waals surface area contributed by atoms with Crippen LogP contribution in [0.2, 0.25) is 0 Å². The number of nitrogens with one attached hydrogen (secondary N) is 3. The van der Waals surface area contributed by atoms with E-state index in [4.69, 9.17) is 23.9 Å². The van der Waals surface area contributed by atoms with Crippen molar-refractivity contribution in [3.05, 3.63) is 79.4 Å². The third kappa shape index (κ3) is 9.89. The first-order chi connectivity index (χ1) is 28.4. The molecule has 3 fully saturated rings. The third-order valence-electron chi connectivity index (χ3n) is 10.5. The Labute approximate surface area is 349 Å². The maximum atomic E-state index is 14.8. The molecule has 2 aromatic carbocycles. The van der Waals surface area contributed by atoms with Crippen LogP contribution in [0, 0.1) is 5.92 Å². The number of sulfonamides is 1. The number of fused-ring (bicyclic) bond motifs is 1. The summed E-state index contributed by atoms with van der Waals surface area (Å²) in [6.45, 7) is 11.5. The van der Waals surface area contributed by atoms with Gasteiger partial charge in [0.15, 0.2) is 0 Å². The number of carbonyl (C=O) groups excluding carboxylic acids is 5.